The Balaban J connectivity index is 2.03. The third-order valence-corrected chi connectivity index (χ3v) is 3.50. The van der Waals surface area contributed by atoms with Crippen LogP contribution in [0.5, 0.6) is 0 Å². The molecule has 2 nitrogen and oxygen atoms in total. The van der Waals surface area contributed by atoms with E-state index in [1.54, 1.807) is 0 Å². The van der Waals surface area contributed by atoms with E-state index in [0.717, 1.165) is 18.8 Å². The first-order valence-corrected chi connectivity index (χ1v) is 6.64. The fourth-order valence-electron chi connectivity index (χ4n) is 2.23. The molecule has 0 aromatic heterocycles. The molecule has 0 spiro atoms. The van der Waals surface area contributed by atoms with E-state index in [0.29, 0.717) is 0 Å². The van der Waals surface area contributed by atoms with Crippen LogP contribution >= 0.6 is 0 Å². The Hall–Kier alpha value is -1.80. The average molecular weight is 254 g/mol. The highest BCUT2D eigenvalue weighted by atomic mass is 15.1. The number of hydrogen-bond donors (Lipinski definition) is 1. The highest BCUT2D eigenvalue weighted by molar-refractivity contribution is 5.49. The molecule has 0 aliphatic heterocycles. The van der Waals surface area contributed by atoms with Crippen LogP contribution < -0.4 is 5.73 Å². The first-order chi connectivity index (χ1) is 9.06. The van der Waals surface area contributed by atoms with Crippen LogP contribution in [0.25, 0.3) is 0 Å². The van der Waals surface area contributed by atoms with Crippen LogP contribution in [0.3, 0.4) is 0 Å². The molecule has 0 amide bonds. The molecule has 19 heavy (non-hydrogen) atoms. The lowest BCUT2D eigenvalue weighted by atomic mass is 10.1. The van der Waals surface area contributed by atoms with Crippen LogP contribution in [0.1, 0.15) is 22.3 Å². The molecule has 2 heteroatoms. The Bertz CT molecular complexity index is 544. The van der Waals surface area contributed by atoms with Crippen molar-refractivity contribution in [2.24, 2.45) is 0 Å². The van der Waals surface area contributed by atoms with Gasteiger partial charge in [0.25, 0.3) is 0 Å². The van der Waals surface area contributed by atoms with Gasteiger partial charge < -0.3 is 5.73 Å². The Morgan fingerprint density at radius 3 is 2.32 bits per heavy atom. The number of nitrogens with two attached hydrogens (primary N) is 1. The number of rotatable bonds is 4. The maximum Gasteiger partial charge on any atom is 0.0346 e. The van der Waals surface area contributed by atoms with Crippen molar-refractivity contribution < 1.29 is 0 Å². The minimum Gasteiger partial charge on any atom is -0.399 e. The van der Waals surface area contributed by atoms with Crippen molar-refractivity contribution in [3.05, 3.63) is 64.7 Å². The molecule has 100 valence electrons. The monoisotopic (exact) mass is 254 g/mol. The second-order valence-corrected chi connectivity index (χ2v) is 5.29. The molecule has 2 N–H and O–H groups in total. The summed E-state index contributed by atoms with van der Waals surface area (Å²) in [5.74, 6) is 0. The number of nitrogens with zero attached hydrogens (tertiary/aromatic N) is 1. The van der Waals surface area contributed by atoms with Gasteiger partial charge >= 0.3 is 0 Å². The molecule has 0 atom stereocenters. The minimum atomic E-state index is 0.876. The lowest BCUT2D eigenvalue weighted by molar-refractivity contribution is 0.318. The summed E-state index contributed by atoms with van der Waals surface area (Å²) < 4.78 is 0. The Morgan fingerprint density at radius 2 is 1.63 bits per heavy atom. The molecular formula is C17H22N2. The van der Waals surface area contributed by atoms with E-state index in [-0.39, 0.29) is 0 Å². The molecule has 2 rings (SSSR count). The van der Waals surface area contributed by atoms with Crippen molar-refractivity contribution >= 4 is 5.69 Å². The predicted molar refractivity (Wildman–Crippen MR) is 81.9 cm³/mol. The van der Waals surface area contributed by atoms with E-state index < -0.39 is 0 Å². The summed E-state index contributed by atoms with van der Waals surface area (Å²) in [7, 11) is 2.14. The van der Waals surface area contributed by atoms with Crippen LogP contribution in [0.2, 0.25) is 0 Å². The van der Waals surface area contributed by atoms with Gasteiger partial charge in [0, 0.05) is 18.8 Å². The van der Waals surface area contributed by atoms with E-state index in [2.05, 4.69) is 56.1 Å². The zero-order valence-corrected chi connectivity index (χ0v) is 12.0. The smallest absolute Gasteiger partial charge is 0.0346 e. The first kappa shape index (κ1) is 13.6. The summed E-state index contributed by atoms with van der Waals surface area (Å²) in [6, 6.07) is 14.8. The van der Waals surface area contributed by atoms with Crippen molar-refractivity contribution in [1.82, 2.24) is 4.90 Å². The molecule has 0 heterocycles. The standard InChI is InChI=1S/C17H22N2/c1-13-7-9-15(10-8-13)11-19(3)12-16-5-4-6-17(18)14(16)2/h4-10H,11-12,18H2,1-3H3. The van der Waals surface area contributed by atoms with E-state index in [1.807, 2.05) is 12.1 Å². The first-order valence-electron chi connectivity index (χ1n) is 6.64. The summed E-state index contributed by atoms with van der Waals surface area (Å²) in [5, 5.41) is 0. The quantitative estimate of drug-likeness (QED) is 0.846. The van der Waals surface area contributed by atoms with Gasteiger partial charge in [-0.15, -0.1) is 0 Å². The van der Waals surface area contributed by atoms with Crippen LogP contribution in [0.4, 0.5) is 5.69 Å². The van der Waals surface area contributed by atoms with Crippen LogP contribution in [-0.4, -0.2) is 11.9 Å². The van der Waals surface area contributed by atoms with Crippen molar-refractivity contribution in [3.8, 4) is 0 Å². The fraction of sp³-hybridized carbons (Fsp3) is 0.294. The van der Waals surface area contributed by atoms with E-state index in [4.69, 9.17) is 5.73 Å². The summed E-state index contributed by atoms with van der Waals surface area (Å²) >= 11 is 0. The lowest BCUT2D eigenvalue weighted by Gasteiger charge is -2.19. The molecule has 0 saturated heterocycles. The molecule has 0 unspecified atom stereocenters. The largest absolute Gasteiger partial charge is 0.399 e. The SMILES string of the molecule is Cc1ccc(CN(C)Cc2cccc(N)c2C)cc1. The van der Waals surface area contributed by atoms with Crippen molar-refractivity contribution in [2.75, 3.05) is 12.8 Å². The van der Waals surface area contributed by atoms with Crippen molar-refractivity contribution in [3.63, 3.8) is 0 Å². The molecular weight excluding hydrogens is 232 g/mol. The van der Waals surface area contributed by atoms with Gasteiger partial charge in [0.2, 0.25) is 0 Å². The maximum atomic E-state index is 5.95. The molecule has 2 aromatic rings. The third-order valence-electron chi connectivity index (χ3n) is 3.50. The zero-order valence-electron chi connectivity index (χ0n) is 12.0. The summed E-state index contributed by atoms with van der Waals surface area (Å²) in [5.41, 5.74) is 12.0. The summed E-state index contributed by atoms with van der Waals surface area (Å²) in [6.07, 6.45) is 0. The molecule has 0 fully saturated rings. The van der Waals surface area contributed by atoms with E-state index >= 15 is 0 Å². The van der Waals surface area contributed by atoms with Gasteiger partial charge in [-0.2, -0.15) is 0 Å². The van der Waals surface area contributed by atoms with E-state index in [9.17, 15) is 0 Å². The van der Waals surface area contributed by atoms with Crippen molar-refractivity contribution in [1.29, 1.82) is 0 Å². The normalized spacial score (nSPS) is 10.9. The maximum absolute atomic E-state index is 5.95. The molecule has 2 aromatic carbocycles. The number of benzene rings is 2. The topological polar surface area (TPSA) is 29.3 Å². The molecule has 0 aliphatic rings. The number of aryl methyl sites for hydroxylation is 1. The lowest BCUT2D eigenvalue weighted by Crippen LogP contribution is -2.18. The zero-order chi connectivity index (χ0) is 13.8. The van der Waals surface area contributed by atoms with Gasteiger partial charge in [-0.05, 0) is 43.7 Å². The fourth-order valence-corrected chi connectivity index (χ4v) is 2.23. The predicted octanol–water partition coefficient (Wildman–Crippen LogP) is 3.52. The second-order valence-electron chi connectivity index (χ2n) is 5.29. The van der Waals surface area contributed by atoms with E-state index in [1.165, 1.54) is 22.3 Å². The average Bonchev–Trinajstić information content (AvgIpc) is 2.38. The van der Waals surface area contributed by atoms with Gasteiger partial charge in [-0.3, -0.25) is 4.90 Å². The molecule has 0 radical (unpaired) electrons. The van der Waals surface area contributed by atoms with Gasteiger partial charge in [0.05, 0.1) is 0 Å². The van der Waals surface area contributed by atoms with Crippen molar-refractivity contribution in [2.45, 2.75) is 26.9 Å². The highest BCUT2D eigenvalue weighted by Gasteiger charge is 2.05. The Morgan fingerprint density at radius 1 is 0.947 bits per heavy atom. The van der Waals surface area contributed by atoms with Gasteiger partial charge in [0.15, 0.2) is 0 Å². The van der Waals surface area contributed by atoms with Gasteiger partial charge in [-0.1, -0.05) is 42.0 Å². The number of anilines is 1. The van der Waals surface area contributed by atoms with Crippen LogP contribution in [-0.2, 0) is 13.1 Å². The second kappa shape index (κ2) is 5.89. The number of hydrogen-bond acceptors (Lipinski definition) is 2. The number of nitrogen functional groups attached to an aromatic ring is 1. The third kappa shape index (κ3) is 3.58. The molecule has 0 saturated carbocycles. The van der Waals surface area contributed by atoms with Gasteiger partial charge in [0.1, 0.15) is 0 Å². The van der Waals surface area contributed by atoms with Crippen LogP contribution in [0.15, 0.2) is 42.5 Å². The summed E-state index contributed by atoms with van der Waals surface area (Å²) in [6.45, 7) is 6.08. The van der Waals surface area contributed by atoms with Gasteiger partial charge in [-0.25, -0.2) is 0 Å². The summed E-state index contributed by atoms with van der Waals surface area (Å²) in [4.78, 5) is 2.31. The Kier molecular flexibility index (Phi) is 4.23. The van der Waals surface area contributed by atoms with Crippen LogP contribution in [0, 0.1) is 13.8 Å². The highest BCUT2D eigenvalue weighted by Crippen LogP contribution is 2.17. The molecule has 0 bridgehead atoms. The molecule has 0 aliphatic carbocycles. The minimum absolute atomic E-state index is 0.876. The Labute approximate surface area is 115 Å².